The van der Waals surface area contributed by atoms with E-state index >= 15 is 0 Å². The highest BCUT2D eigenvalue weighted by atomic mass is 79.9. The second-order valence-corrected chi connectivity index (χ2v) is 5.45. The van der Waals surface area contributed by atoms with E-state index in [2.05, 4.69) is 33.1 Å². The second-order valence-electron chi connectivity index (χ2n) is 4.53. The zero-order valence-electron chi connectivity index (χ0n) is 11.7. The molecule has 2 aromatic rings. The van der Waals surface area contributed by atoms with Crippen LogP contribution in [-0.4, -0.2) is 12.5 Å². The van der Waals surface area contributed by atoms with Gasteiger partial charge < -0.3 is 5.32 Å². The Morgan fingerprint density at radius 2 is 1.74 bits per heavy atom. The molecule has 6 heteroatoms. The molecule has 23 heavy (non-hydrogen) atoms. The molecule has 0 aliphatic rings. The van der Waals surface area contributed by atoms with Crippen molar-refractivity contribution in [1.29, 1.82) is 0 Å². The van der Waals surface area contributed by atoms with Crippen molar-refractivity contribution in [3.63, 3.8) is 0 Å². The van der Waals surface area contributed by atoms with E-state index in [9.17, 15) is 18.0 Å². The average molecular weight is 382 g/mol. The summed E-state index contributed by atoms with van der Waals surface area (Å²) in [5.41, 5.74) is -0.449. The zero-order chi connectivity index (χ0) is 16.9. The number of carbonyl (C=O) groups is 1. The maximum Gasteiger partial charge on any atom is 0.417 e. The molecular formula is C17H11BrF3NO. The van der Waals surface area contributed by atoms with Crippen LogP contribution < -0.4 is 5.32 Å². The third-order valence-corrected chi connectivity index (χ3v) is 3.43. The first-order valence-electron chi connectivity index (χ1n) is 6.57. The number of carbonyl (C=O) groups excluding carboxylic acids is 1. The lowest BCUT2D eigenvalue weighted by molar-refractivity contribution is -0.137. The van der Waals surface area contributed by atoms with Gasteiger partial charge in [0, 0.05) is 15.6 Å². The van der Waals surface area contributed by atoms with Gasteiger partial charge in [-0.3, -0.25) is 4.79 Å². The molecule has 0 bridgehead atoms. The lowest BCUT2D eigenvalue weighted by Crippen LogP contribution is -2.23. The van der Waals surface area contributed by atoms with Gasteiger partial charge in [-0.2, -0.15) is 13.2 Å². The third kappa shape index (κ3) is 4.86. The third-order valence-electron chi connectivity index (χ3n) is 2.90. The van der Waals surface area contributed by atoms with E-state index in [0.29, 0.717) is 5.56 Å². The van der Waals surface area contributed by atoms with Crippen molar-refractivity contribution in [2.45, 2.75) is 6.18 Å². The van der Waals surface area contributed by atoms with Crippen LogP contribution in [0.5, 0.6) is 0 Å². The SMILES string of the molecule is O=C(NCC#Cc1ccccc1C(F)(F)F)c1ccc(Br)cc1. The topological polar surface area (TPSA) is 29.1 Å². The van der Waals surface area contributed by atoms with Crippen molar-refractivity contribution in [3.8, 4) is 11.8 Å². The summed E-state index contributed by atoms with van der Waals surface area (Å²) in [5, 5.41) is 2.54. The number of hydrogen-bond acceptors (Lipinski definition) is 1. The molecule has 0 fully saturated rings. The van der Waals surface area contributed by atoms with Crippen LogP contribution in [0.1, 0.15) is 21.5 Å². The van der Waals surface area contributed by atoms with Crippen molar-refractivity contribution >= 4 is 21.8 Å². The number of rotatable bonds is 2. The average Bonchev–Trinajstić information content (AvgIpc) is 2.51. The van der Waals surface area contributed by atoms with Crippen LogP contribution in [0, 0.1) is 11.8 Å². The highest BCUT2D eigenvalue weighted by molar-refractivity contribution is 9.10. The lowest BCUT2D eigenvalue weighted by Gasteiger charge is -2.08. The van der Waals surface area contributed by atoms with Crippen LogP contribution in [0.15, 0.2) is 53.0 Å². The molecule has 0 heterocycles. The molecule has 118 valence electrons. The summed E-state index contributed by atoms with van der Waals surface area (Å²) in [6, 6.07) is 11.8. The molecule has 0 radical (unpaired) electrons. The van der Waals surface area contributed by atoms with Gasteiger partial charge in [0.1, 0.15) is 0 Å². The predicted octanol–water partition coefficient (Wildman–Crippen LogP) is 4.25. The predicted molar refractivity (Wildman–Crippen MR) is 84.8 cm³/mol. The molecular weight excluding hydrogens is 371 g/mol. The van der Waals surface area contributed by atoms with Gasteiger partial charge in [-0.1, -0.05) is 39.9 Å². The molecule has 0 aliphatic heterocycles. The van der Waals surface area contributed by atoms with Crippen LogP contribution in [0.2, 0.25) is 0 Å². The molecule has 0 aromatic heterocycles. The minimum Gasteiger partial charge on any atom is -0.341 e. The summed E-state index contributed by atoms with van der Waals surface area (Å²) < 4.78 is 39.2. The van der Waals surface area contributed by atoms with Crippen LogP contribution in [0.3, 0.4) is 0 Å². The minimum absolute atomic E-state index is 0.0406. The first-order valence-corrected chi connectivity index (χ1v) is 7.36. The quantitative estimate of drug-likeness (QED) is 0.774. The van der Waals surface area contributed by atoms with E-state index in [1.54, 1.807) is 24.3 Å². The molecule has 1 amide bonds. The number of halogens is 4. The first-order chi connectivity index (χ1) is 10.9. The molecule has 2 nitrogen and oxygen atoms in total. The van der Waals surface area contributed by atoms with Crippen molar-refractivity contribution in [2.75, 3.05) is 6.54 Å². The molecule has 0 saturated carbocycles. The smallest absolute Gasteiger partial charge is 0.341 e. The van der Waals surface area contributed by atoms with E-state index < -0.39 is 11.7 Å². The summed E-state index contributed by atoms with van der Waals surface area (Å²) in [5.74, 6) is 4.64. The molecule has 0 spiro atoms. The number of nitrogens with one attached hydrogen (secondary N) is 1. The highest BCUT2D eigenvalue weighted by Gasteiger charge is 2.32. The summed E-state index contributed by atoms with van der Waals surface area (Å²) in [4.78, 5) is 11.8. The maximum absolute atomic E-state index is 12.8. The van der Waals surface area contributed by atoms with Crippen LogP contribution >= 0.6 is 15.9 Å². The van der Waals surface area contributed by atoms with Gasteiger partial charge >= 0.3 is 6.18 Å². The molecule has 0 saturated heterocycles. The Balaban J connectivity index is 2.02. The number of amides is 1. The van der Waals surface area contributed by atoms with Crippen LogP contribution in [0.25, 0.3) is 0 Å². The minimum atomic E-state index is -4.45. The zero-order valence-corrected chi connectivity index (χ0v) is 13.3. The van der Waals surface area contributed by atoms with Gasteiger partial charge in [0.2, 0.25) is 0 Å². The van der Waals surface area contributed by atoms with Crippen LogP contribution in [-0.2, 0) is 6.18 Å². The van der Waals surface area contributed by atoms with E-state index in [1.807, 2.05) is 0 Å². The van der Waals surface area contributed by atoms with Gasteiger partial charge in [0.25, 0.3) is 5.91 Å². The molecule has 2 rings (SSSR count). The standard InChI is InChI=1S/C17H11BrF3NO/c18-14-9-7-13(8-10-14)16(23)22-11-3-5-12-4-1-2-6-15(12)17(19,20)21/h1-2,4,6-10H,11H2,(H,22,23). The van der Waals surface area contributed by atoms with E-state index in [1.165, 1.54) is 18.2 Å². The monoisotopic (exact) mass is 381 g/mol. The van der Waals surface area contributed by atoms with E-state index in [-0.39, 0.29) is 18.0 Å². The Kier molecular flexibility index (Phi) is 5.45. The lowest BCUT2D eigenvalue weighted by atomic mass is 10.1. The van der Waals surface area contributed by atoms with E-state index in [4.69, 9.17) is 0 Å². The fourth-order valence-electron chi connectivity index (χ4n) is 1.81. The Bertz CT molecular complexity index is 758. The molecule has 1 N–H and O–H groups in total. The first kappa shape index (κ1) is 17.1. The maximum atomic E-state index is 12.8. The number of hydrogen-bond donors (Lipinski definition) is 1. The highest BCUT2D eigenvalue weighted by Crippen LogP contribution is 2.31. The number of alkyl halides is 3. The second kappa shape index (κ2) is 7.34. The fraction of sp³-hybridized carbons (Fsp3) is 0.118. The molecule has 0 aliphatic carbocycles. The molecule has 2 aromatic carbocycles. The Labute approximate surface area is 139 Å². The molecule has 0 atom stereocenters. The fourth-order valence-corrected chi connectivity index (χ4v) is 2.07. The largest absolute Gasteiger partial charge is 0.417 e. The normalized spacial score (nSPS) is 10.6. The van der Waals surface area contributed by atoms with Crippen LogP contribution in [0.4, 0.5) is 13.2 Å². The van der Waals surface area contributed by atoms with Gasteiger partial charge in [-0.25, -0.2) is 0 Å². The van der Waals surface area contributed by atoms with Crippen molar-refractivity contribution < 1.29 is 18.0 Å². The van der Waals surface area contributed by atoms with E-state index in [0.717, 1.165) is 10.5 Å². The van der Waals surface area contributed by atoms with Gasteiger partial charge in [0.15, 0.2) is 0 Å². The van der Waals surface area contributed by atoms with Crippen molar-refractivity contribution in [1.82, 2.24) is 5.32 Å². The molecule has 0 unspecified atom stereocenters. The van der Waals surface area contributed by atoms with Crippen molar-refractivity contribution in [3.05, 3.63) is 69.7 Å². The summed E-state index contributed by atoms with van der Waals surface area (Å²) >= 11 is 3.26. The Morgan fingerprint density at radius 1 is 1.09 bits per heavy atom. The number of benzene rings is 2. The van der Waals surface area contributed by atoms with Crippen molar-refractivity contribution in [2.24, 2.45) is 0 Å². The summed E-state index contributed by atoms with van der Waals surface area (Å²) in [6.07, 6.45) is -4.45. The Hall–Kier alpha value is -2.26. The van der Waals surface area contributed by atoms with Gasteiger partial charge in [-0.15, -0.1) is 0 Å². The Morgan fingerprint density at radius 3 is 2.39 bits per heavy atom. The summed E-state index contributed by atoms with van der Waals surface area (Å²) in [7, 11) is 0. The van der Waals surface area contributed by atoms with Gasteiger partial charge in [-0.05, 0) is 36.4 Å². The van der Waals surface area contributed by atoms with Gasteiger partial charge in [0.05, 0.1) is 12.1 Å². The summed E-state index contributed by atoms with van der Waals surface area (Å²) in [6.45, 7) is -0.0406.